The molecule has 0 heterocycles. The van der Waals surface area contributed by atoms with Crippen LogP contribution in [0.3, 0.4) is 0 Å². The topological polar surface area (TPSA) is 9.23 Å². The molecule has 0 radical (unpaired) electrons. The van der Waals surface area contributed by atoms with Crippen LogP contribution in [0.1, 0.15) is 44.9 Å². The van der Waals surface area contributed by atoms with Crippen molar-refractivity contribution in [2.45, 2.75) is 44.9 Å². The summed E-state index contributed by atoms with van der Waals surface area (Å²) in [6, 6.07) is 0. The summed E-state index contributed by atoms with van der Waals surface area (Å²) in [5.74, 6) is 1.91. The summed E-state index contributed by atoms with van der Waals surface area (Å²) in [4.78, 5) is 0. The van der Waals surface area contributed by atoms with Gasteiger partial charge in [-0.15, -0.1) is 0 Å². The van der Waals surface area contributed by atoms with E-state index in [1.165, 1.54) is 44.9 Å². The highest BCUT2D eigenvalue weighted by atomic mass is 32.1. The van der Waals surface area contributed by atoms with E-state index in [4.69, 9.17) is 4.74 Å². The summed E-state index contributed by atoms with van der Waals surface area (Å²) < 4.78 is 5.84. The molecule has 0 atom stereocenters. The molecule has 2 saturated carbocycles. The Labute approximate surface area is 93.0 Å². The molecule has 0 saturated heterocycles. The average molecular weight is 214 g/mol. The maximum absolute atomic E-state index is 5.84. The molecule has 0 amide bonds. The standard InChI is InChI=1S/C12H22OS/c14-10-12(6-2-1-3-7-12)9-13-8-11-4-5-11/h11,14H,1-10H2. The fourth-order valence-corrected chi connectivity index (χ4v) is 2.78. The van der Waals surface area contributed by atoms with Gasteiger partial charge in [0.25, 0.3) is 0 Å². The second-order valence-electron chi connectivity index (χ2n) is 5.18. The van der Waals surface area contributed by atoms with Crippen molar-refractivity contribution in [3.8, 4) is 0 Å². The van der Waals surface area contributed by atoms with Gasteiger partial charge >= 0.3 is 0 Å². The van der Waals surface area contributed by atoms with E-state index in [9.17, 15) is 0 Å². The molecule has 2 fully saturated rings. The summed E-state index contributed by atoms with van der Waals surface area (Å²) in [6.45, 7) is 1.97. The van der Waals surface area contributed by atoms with Gasteiger partial charge in [0, 0.05) is 12.0 Å². The van der Waals surface area contributed by atoms with Crippen LogP contribution in [0.5, 0.6) is 0 Å². The number of rotatable bonds is 5. The maximum atomic E-state index is 5.84. The highest BCUT2D eigenvalue weighted by Gasteiger charge is 2.31. The minimum atomic E-state index is 0.427. The predicted molar refractivity (Wildman–Crippen MR) is 62.9 cm³/mol. The van der Waals surface area contributed by atoms with E-state index in [0.29, 0.717) is 5.41 Å². The van der Waals surface area contributed by atoms with Gasteiger partial charge in [-0.25, -0.2) is 0 Å². The molecular weight excluding hydrogens is 192 g/mol. The van der Waals surface area contributed by atoms with Crippen LogP contribution in [0.15, 0.2) is 0 Å². The van der Waals surface area contributed by atoms with Crippen LogP contribution in [0.4, 0.5) is 0 Å². The summed E-state index contributed by atoms with van der Waals surface area (Å²) in [5.41, 5.74) is 0.427. The summed E-state index contributed by atoms with van der Waals surface area (Å²) in [5, 5.41) is 0. The molecule has 2 aliphatic rings. The second kappa shape index (κ2) is 4.89. The molecule has 0 aromatic heterocycles. The Kier molecular flexibility index (Phi) is 3.78. The molecule has 0 unspecified atom stereocenters. The van der Waals surface area contributed by atoms with Crippen LogP contribution >= 0.6 is 12.6 Å². The van der Waals surface area contributed by atoms with Crippen molar-refractivity contribution in [1.82, 2.24) is 0 Å². The zero-order chi connectivity index (χ0) is 9.86. The lowest BCUT2D eigenvalue weighted by Gasteiger charge is -2.35. The molecule has 1 nitrogen and oxygen atoms in total. The van der Waals surface area contributed by atoms with E-state index in [1.54, 1.807) is 0 Å². The van der Waals surface area contributed by atoms with Crippen LogP contribution in [0, 0.1) is 11.3 Å². The zero-order valence-corrected chi connectivity index (χ0v) is 9.90. The average Bonchev–Trinajstić information content (AvgIpc) is 3.03. The third-order valence-electron chi connectivity index (χ3n) is 3.71. The van der Waals surface area contributed by atoms with Gasteiger partial charge in [-0.2, -0.15) is 12.6 Å². The van der Waals surface area contributed by atoms with Gasteiger partial charge in [0.15, 0.2) is 0 Å². The largest absolute Gasteiger partial charge is 0.381 e. The highest BCUT2D eigenvalue weighted by molar-refractivity contribution is 7.80. The molecule has 2 aliphatic carbocycles. The zero-order valence-electron chi connectivity index (χ0n) is 9.00. The first kappa shape index (κ1) is 10.8. The third-order valence-corrected chi connectivity index (χ3v) is 4.38. The van der Waals surface area contributed by atoms with Crippen LogP contribution < -0.4 is 0 Å². The highest BCUT2D eigenvalue weighted by Crippen LogP contribution is 2.38. The van der Waals surface area contributed by atoms with Gasteiger partial charge in [0.2, 0.25) is 0 Å². The van der Waals surface area contributed by atoms with E-state index in [0.717, 1.165) is 24.9 Å². The molecule has 0 N–H and O–H groups in total. The Morgan fingerprint density at radius 1 is 1.14 bits per heavy atom. The summed E-state index contributed by atoms with van der Waals surface area (Å²) >= 11 is 4.51. The Morgan fingerprint density at radius 3 is 2.43 bits per heavy atom. The molecule has 2 heteroatoms. The molecule has 0 aromatic rings. The lowest BCUT2D eigenvalue weighted by molar-refractivity contribution is 0.0294. The molecule has 2 rings (SSSR count). The van der Waals surface area contributed by atoms with Crippen molar-refractivity contribution >= 4 is 12.6 Å². The van der Waals surface area contributed by atoms with Gasteiger partial charge < -0.3 is 4.74 Å². The fraction of sp³-hybridized carbons (Fsp3) is 1.00. The monoisotopic (exact) mass is 214 g/mol. The third kappa shape index (κ3) is 2.90. The first-order chi connectivity index (χ1) is 6.85. The molecule has 82 valence electrons. The lowest BCUT2D eigenvalue weighted by atomic mass is 9.76. The van der Waals surface area contributed by atoms with Gasteiger partial charge in [-0.3, -0.25) is 0 Å². The van der Waals surface area contributed by atoms with Gasteiger partial charge in [-0.1, -0.05) is 19.3 Å². The van der Waals surface area contributed by atoms with E-state index in [2.05, 4.69) is 12.6 Å². The van der Waals surface area contributed by atoms with Crippen LogP contribution in [0.2, 0.25) is 0 Å². The maximum Gasteiger partial charge on any atom is 0.0530 e. The summed E-state index contributed by atoms with van der Waals surface area (Å²) in [6.07, 6.45) is 9.64. The fourth-order valence-electron chi connectivity index (χ4n) is 2.38. The quantitative estimate of drug-likeness (QED) is 0.691. The number of hydrogen-bond donors (Lipinski definition) is 1. The van der Waals surface area contributed by atoms with E-state index >= 15 is 0 Å². The van der Waals surface area contributed by atoms with Crippen molar-refractivity contribution in [1.29, 1.82) is 0 Å². The van der Waals surface area contributed by atoms with Gasteiger partial charge in [0.1, 0.15) is 0 Å². The van der Waals surface area contributed by atoms with Crippen LogP contribution in [0.25, 0.3) is 0 Å². The summed E-state index contributed by atoms with van der Waals surface area (Å²) in [7, 11) is 0. The number of hydrogen-bond acceptors (Lipinski definition) is 2. The Bertz CT molecular complexity index is 171. The van der Waals surface area contributed by atoms with Crippen molar-refractivity contribution in [3.05, 3.63) is 0 Å². The van der Waals surface area contributed by atoms with Gasteiger partial charge in [-0.05, 0) is 37.4 Å². The smallest absolute Gasteiger partial charge is 0.0530 e. The van der Waals surface area contributed by atoms with Crippen molar-refractivity contribution in [3.63, 3.8) is 0 Å². The number of ether oxygens (including phenoxy) is 1. The van der Waals surface area contributed by atoms with Crippen molar-refractivity contribution < 1.29 is 4.74 Å². The Balaban J connectivity index is 1.71. The Hall–Kier alpha value is 0.310. The Morgan fingerprint density at radius 2 is 1.86 bits per heavy atom. The lowest BCUT2D eigenvalue weighted by Crippen LogP contribution is -2.31. The SMILES string of the molecule is SCC1(COCC2CC2)CCCCC1. The number of thiol groups is 1. The normalized spacial score (nSPS) is 26.4. The van der Waals surface area contributed by atoms with Gasteiger partial charge in [0.05, 0.1) is 6.61 Å². The first-order valence-electron chi connectivity index (χ1n) is 6.03. The first-order valence-corrected chi connectivity index (χ1v) is 6.66. The molecule has 0 spiro atoms. The second-order valence-corrected chi connectivity index (χ2v) is 5.49. The van der Waals surface area contributed by atoms with E-state index in [-0.39, 0.29) is 0 Å². The van der Waals surface area contributed by atoms with E-state index < -0.39 is 0 Å². The molecule has 0 aliphatic heterocycles. The molecule has 0 aromatic carbocycles. The van der Waals surface area contributed by atoms with Crippen LogP contribution in [-0.2, 0) is 4.74 Å². The predicted octanol–water partition coefficient (Wildman–Crippen LogP) is 3.29. The minimum absolute atomic E-state index is 0.427. The van der Waals surface area contributed by atoms with E-state index in [1.807, 2.05) is 0 Å². The minimum Gasteiger partial charge on any atom is -0.381 e. The van der Waals surface area contributed by atoms with Crippen LogP contribution in [-0.4, -0.2) is 19.0 Å². The van der Waals surface area contributed by atoms with Crippen molar-refractivity contribution in [2.75, 3.05) is 19.0 Å². The van der Waals surface area contributed by atoms with Crippen molar-refractivity contribution in [2.24, 2.45) is 11.3 Å². The molecular formula is C12H22OS. The molecule has 0 bridgehead atoms. The molecule has 14 heavy (non-hydrogen) atoms.